The fourth-order valence-corrected chi connectivity index (χ4v) is 3.15. The molecule has 29 heavy (non-hydrogen) atoms. The molecular weight excluding hydrogens is 430 g/mol. The van der Waals surface area contributed by atoms with Crippen LogP contribution < -0.4 is 10.3 Å². The number of rotatable bonds is 5. The minimum absolute atomic E-state index is 0.0419. The van der Waals surface area contributed by atoms with Gasteiger partial charge >= 0.3 is 0 Å². The molecule has 3 rings (SSSR count). The van der Waals surface area contributed by atoms with Gasteiger partial charge in [0, 0.05) is 16.0 Å². The summed E-state index contributed by atoms with van der Waals surface area (Å²) in [6.45, 7) is 10.9. The largest absolute Gasteiger partial charge is 0.492 e. The molecule has 5 nitrogen and oxygen atoms in total. The molecule has 0 bridgehead atoms. The summed E-state index contributed by atoms with van der Waals surface area (Å²) >= 11 is 3.43. The molecule has 0 aliphatic carbocycles. The van der Waals surface area contributed by atoms with Gasteiger partial charge in [0.15, 0.2) is 0 Å². The zero-order chi connectivity index (χ0) is 21.2. The number of aromatic nitrogens is 2. The maximum atomic E-state index is 13.1. The lowest BCUT2D eigenvalue weighted by atomic mass is 9.99. The van der Waals surface area contributed by atoms with Crippen LogP contribution in [0.25, 0.3) is 10.9 Å². The first kappa shape index (κ1) is 21.2. The lowest BCUT2D eigenvalue weighted by Crippen LogP contribution is -2.23. The van der Waals surface area contributed by atoms with Crippen molar-refractivity contribution in [1.82, 2.24) is 9.66 Å². The Morgan fingerprint density at radius 1 is 1.21 bits per heavy atom. The Kier molecular flexibility index (Phi) is 6.22. The average Bonchev–Trinajstić information content (AvgIpc) is 2.66. The van der Waals surface area contributed by atoms with Crippen molar-refractivity contribution in [1.29, 1.82) is 0 Å². The minimum atomic E-state index is -0.190. The van der Waals surface area contributed by atoms with Gasteiger partial charge in [-0.15, -0.1) is 0 Å². The van der Waals surface area contributed by atoms with E-state index in [2.05, 4.69) is 46.8 Å². The Bertz CT molecular complexity index is 1110. The summed E-state index contributed by atoms with van der Waals surface area (Å²) in [5, 5.41) is 5.03. The number of fused-ring (bicyclic) bond motifs is 1. The molecule has 0 saturated heterocycles. The summed E-state index contributed by atoms with van der Waals surface area (Å²) in [5.41, 5.74) is 1.33. The van der Waals surface area contributed by atoms with Gasteiger partial charge in [0.25, 0.3) is 5.56 Å². The van der Waals surface area contributed by atoms with Gasteiger partial charge in [0.05, 0.1) is 23.7 Å². The van der Waals surface area contributed by atoms with Gasteiger partial charge in [0.2, 0.25) is 0 Å². The highest BCUT2D eigenvalue weighted by Gasteiger charge is 2.15. The van der Waals surface area contributed by atoms with Crippen LogP contribution in [0.15, 0.2) is 56.8 Å². The Morgan fingerprint density at radius 3 is 2.62 bits per heavy atom. The van der Waals surface area contributed by atoms with Crippen molar-refractivity contribution in [3.8, 4) is 5.75 Å². The topological polar surface area (TPSA) is 56.5 Å². The van der Waals surface area contributed by atoms with E-state index in [1.165, 1.54) is 4.68 Å². The molecular formula is C23H26BrN3O2. The van der Waals surface area contributed by atoms with Gasteiger partial charge in [-0.05, 0) is 35.7 Å². The third-order valence-electron chi connectivity index (χ3n) is 4.24. The van der Waals surface area contributed by atoms with Gasteiger partial charge in [0.1, 0.15) is 11.6 Å². The number of benzene rings is 2. The fraction of sp³-hybridized carbons (Fsp3) is 0.348. The maximum absolute atomic E-state index is 13.1. The lowest BCUT2D eigenvalue weighted by molar-refractivity contribution is 0.197. The summed E-state index contributed by atoms with van der Waals surface area (Å²) in [6, 6.07) is 13.2. The van der Waals surface area contributed by atoms with Crippen molar-refractivity contribution >= 4 is 33.0 Å². The summed E-state index contributed by atoms with van der Waals surface area (Å²) in [7, 11) is 0. The summed E-state index contributed by atoms with van der Waals surface area (Å²) in [4.78, 5) is 17.8. The summed E-state index contributed by atoms with van der Waals surface area (Å²) in [5.74, 6) is 1.40. The molecule has 3 aromatic rings. The van der Waals surface area contributed by atoms with Crippen LogP contribution in [0.3, 0.4) is 0 Å². The standard InChI is InChI=1S/C23H26BrN3O2/c1-15(2)21-26-19-11-10-17(24)12-18(19)22(28)27(21)25-13-16-8-6-7-9-20(16)29-14-23(3,4)5/h6-13,15H,14H2,1-5H3. The first-order chi connectivity index (χ1) is 13.7. The van der Waals surface area contributed by atoms with E-state index >= 15 is 0 Å². The Hall–Kier alpha value is -2.47. The smallest absolute Gasteiger partial charge is 0.282 e. The number of hydrogen-bond donors (Lipinski definition) is 0. The molecule has 152 valence electrons. The zero-order valence-corrected chi connectivity index (χ0v) is 19.0. The van der Waals surface area contributed by atoms with E-state index < -0.39 is 0 Å². The average molecular weight is 456 g/mol. The lowest BCUT2D eigenvalue weighted by Gasteiger charge is -2.19. The maximum Gasteiger partial charge on any atom is 0.282 e. The summed E-state index contributed by atoms with van der Waals surface area (Å²) in [6.07, 6.45) is 1.66. The molecule has 0 saturated carbocycles. The second-order valence-corrected chi connectivity index (χ2v) is 9.45. The normalized spacial score (nSPS) is 12.2. The number of para-hydroxylation sites is 1. The van der Waals surface area contributed by atoms with Crippen molar-refractivity contribution in [3.05, 3.63) is 68.7 Å². The molecule has 2 aromatic carbocycles. The molecule has 0 aliphatic rings. The van der Waals surface area contributed by atoms with Gasteiger partial charge in [-0.2, -0.15) is 9.78 Å². The van der Waals surface area contributed by atoms with E-state index in [0.29, 0.717) is 23.3 Å². The number of halogens is 1. The van der Waals surface area contributed by atoms with Gasteiger partial charge in [-0.25, -0.2) is 4.98 Å². The van der Waals surface area contributed by atoms with Crippen LogP contribution in [0.5, 0.6) is 5.75 Å². The molecule has 0 unspecified atom stereocenters. The molecule has 0 N–H and O–H groups in total. The molecule has 6 heteroatoms. The first-order valence-electron chi connectivity index (χ1n) is 9.64. The van der Waals surface area contributed by atoms with Crippen LogP contribution in [-0.4, -0.2) is 22.5 Å². The Labute approximate surface area is 179 Å². The van der Waals surface area contributed by atoms with Gasteiger partial charge in [-0.3, -0.25) is 4.79 Å². The van der Waals surface area contributed by atoms with E-state index in [-0.39, 0.29) is 16.9 Å². The van der Waals surface area contributed by atoms with Crippen molar-refractivity contribution in [3.63, 3.8) is 0 Å². The van der Waals surface area contributed by atoms with Crippen molar-refractivity contribution in [2.75, 3.05) is 6.61 Å². The number of ether oxygens (including phenoxy) is 1. The Balaban J connectivity index is 2.06. The van der Waals surface area contributed by atoms with Crippen LogP contribution in [-0.2, 0) is 0 Å². The van der Waals surface area contributed by atoms with Crippen molar-refractivity contribution < 1.29 is 4.74 Å². The second kappa shape index (κ2) is 8.49. The predicted octanol–water partition coefficient (Wildman–Crippen LogP) is 5.59. The van der Waals surface area contributed by atoms with Gasteiger partial charge < -0.3 is 4.74 Å². The fourth-order valence-electron chi connectivity index (χ4n) is 2.78. The minimum Gasteiger partial charge on any atom is -0.492 e. The number of nitrogens with zero attached hydrogens (tertiary/aromatic N) is 3. The second-order valence-electron chi connectivity index (χ2n) is 8.53. The van der Waals surface area contributed by atoms with Crippen LogP contribution >= 0.6 is 15.9 Å². The highest BCUT2D eigenvalue weighted by molar-refractivity contribution is 9.10. The highest BCUT2D eigenvalue weighted by atomic mass is 79.9. The highest BCUT2D eigenvalue weighted by Crippen LogP contribution is 2.22. The first-order valence-corrected chi connectivity index (χ1v) is 10.4. The molecule has 0 atom stereocenters. The quantitative estimate of drug-likeness (QED) is 0.471. The summed E-state index contributed by atoms with van der Waals surface area (Å²) < 4.78 is 8.20. The molecule has 0 fully saturated rings. The molecule has 0 spiro atoms. The molecule has 1 aromatic heterocycles. The zero-order valence-electron chi connectivity index (χ0n) is 17.4. The van der Waals surface area contributed by atoms with E-state index in [4.69, 9.17) is 4.74 Å². The molecule has 1 heterocycles. The van der Waals surface area contributed by atoms with E-state index in [1.54, 1.807) is 12.3 Å². The molecule has 0 radical (unpaired) electrons. The van der Waals surface area contributed by atoms with Crippen LogP contribution in [0.2, 0.25) is 0 Å². The predicted molar refractivity (Wildman–Crippen MR) is 122 cm³/mol. The van der Waals surface area contributed by atoms with E-state index in [9.17, 15) is 4.79 Å². The van der Waals surface area contributed by atoms with Crippen molar-refractivity contribution in [2.24, 2.45) is 10.5 Å². The Morgan fingerprint density at radius 2 is 1.93 bits per heavy atom. The van der Waals surface area contributed by atoms with Crippen LogP contribution in [0, 0.1) is 5.41 Å². The van der Waals surface area contributed by atoms with Crippen LogP contribution in [0.4, 0.5) is 0 Å². The van der Waals surface area contributed by atoms with Gasteiger partial charge in [-0.1, -0.05) is 62.7 Å². The van der Waals surface area contributed by atoms with E-state index in [1.807, 2.05) is 50.2 Å². The van der Waals surface area contributed by atoms with E-state index in [0.717, 1.165) is 15.8 Å². The van der Waals surface area contributed by atoms with Crippen molar-refractivity contribution in [2.45, 2.75) is 40.5 Å². The number of hydrogen-bond acceptors (Lipinski definition) is 4. The molecule has 0 amide bonds. The van der Waals surface area contributed by atoms with Crippen LogP contribution in [0.1, 0.15) is 51.9 Å². The third kappa shape index (κ3) is 5.12. The molecule has 0 aliphatic heterocycles. The SMILES string of the molecule is CC(C)c1nc2ccc(Br)cc2c(=O)n1N=Cc1ccccc1OCC(C)(C)C. The monoisotopic (exact) mass is 455 g/mol. The third-order valence-corrected chi connectivity index (χ3v) is 4.74.